The quantitative estimate of drug-likeness (QED) is 0.402. The largest absolute Gasteiger partial charge is 0.547 e. The number of carbonyl (C=O) groups is 2. The average molecular weight is 457 g/mol. The molecular weight excluding hydrogens is 455 g/mol. The van der Waals surface area contributed by atoms with Crippen molar-refractivity contribution in [1.82, 2.24) is 0 Å². The Morgan fingerprint density at radius 3 is 1.20 bits per heavy atom. The summed E-state index contributed by atoms with van der Waals surface area (Å²) in [5, 5.41) is 15.1. The van der Waals surface area contributed by atoms with Crippen molar-refractivity contribution >= 4 is 12.3 Å². The van der Waals surface area contributed by atoms with Gasteiger partial charge in [-0.05, 0) is 0 Å². The molecule has 6 nitrogen and oxygen atoms in total. The summed E-state index contributed by atoms with van der Waals surface area (Å²) in [4.78, 5) is 24.8. The molecule has 10 heavy (non-hydrogen) atoms. The van der Waals surface area contributed by atoms with E-state index in [1.54, 1.807) is 0 Å². The molecule has 2 N–H and O–H groups in total. The van der Waals surface area contributed by atoms with Crippen LogP contribution in [0.2, 0.25) is 0 Å². The van der Waals surface area contributed by atoms with E-state index in [9.17, 15) is 9.59 Å². The first-order chi connectivity index (χ1) is 3.63. The molecule has 0 aliphatic heterocycles. The van der Waals surface area contributed by atoms with Crippen LogP contribution in [-0.2, 0) is 9.78 Å². The van der Waals surface area contributed by atoms with Crippen molar-refractivity contribution in [2.24, 2.45) is 0 Å². The van der Waals surface area contributed by atoms with E-state index in [0.717, 1.165) is 0 Å². The molecule has 0 aliphatic rings. The molecule has 0 saturated carbocycles. The molecule has 8 heteroatoms. The predicted molar refractivity (Wildman–Crippen MR) is 18.2 cm³/mol. The fraction of sp³-hybridized carbons (Fsp3) is 0. The number of carboxylic acid groups (broad SMARTS) is 2. The van der Waals surface area contributed by atoms with Gasteiger partial charge in [0, 0.05) is 74.6 Å². The van der Waals surface area contributed by atoms with Gasteiger partial charge < -0.3 is 10.2 Å². The molecule has 0 radical (unpaired) electrons. The van der Waals surface area contributed by atoms with Gasteiger partial charge in [-0.15, -0.1) is 0 Å². The Bertz CT molecular complexity index is 98.3. The van der Waals surface area contributed by atoms with Crippen LogP contribution in [0.3, 0.4) is 0 Å². The molecule has 70 valence electrons. The summed E-state index contributed by atoms with van der Waals surface area (Å²) >= 11 is 0. The molecule has 0 atom stereocenters. The first-order valence-corrected chi connectivity index (χ1v) is 1.43. The molecule has 0 unspecified atom stereocenters. The van der Waals surface area contributed by atoms with E-state index in [1.807, 2.05) is 0 Å². The Morgan fingerprint density at radius 2 is 1.10 bits per heavy atom. The summed E-state index contributed by atoms with van der Waals surface area (Å²) in [7, 11) is 0. The smallest absolute Gasteiger partial charge is 0.447 e. The van der Waals surface area contributed by atoms with Gasteiger partial charge in [-0.3, -0.25) is 0 Å². The molecule has 0 fully saturated rings. The van der Waals surface area contributed by atoms with Crippen LogP contribution in [0.5, 0.6) is 0 Å². The van der Waals surface area contributed by atoms with Gasteiger partial charge in [0.1, 0.15) is 0 Å². The fourth-order valence-corrected chi connectivity index (χ4v) is 0.0713. The summed E-state index contributed by atoms with van der Waals surface area (Å²) in [5.74, 6) is 0. The number of hydrogen-bond donors (Lipinski definition) is 2. The predicted octanol–water partition coefficient (Wildman–Crippen LogP) is 0.291. The molecule has 0 heterocycles. The van der Waals surface area contributed by atoms with Crippen molar-refractivity contribution in [2.75, 3.05) is 0 Å². The Hall–Kier alpha value is 1.03. The topological polar surface area (TPSA) is 93.1 Å². The molecule has 0 aromatic carbocycles. The van der Waals surface area contributed by atoms with Crippen molar-refractivity contribution in [3.05, 3.63) is 0 Å². The Labute approximate surface area is 115 Å². The van der Waals surface area contributed by atoms with Crippen molar-refractivity contribution in [3.8, 4) is 0 Å². The van der Waals surface area contributed by atoms with Crippen LogP contribution in [0.1, 0.15) is 0 Å². The van der Waals surface area contributed by atoms with Crippen LogP contribution in [0, 0.1) is 74.6 Å². The monoisotopic (exact) mass is 454 g/mol. The molecule has 0 bridgehead atoms. The van der Waals surface area contributed by atoms with Gasteiger partial charge in [0.25, 0.3) is 0 Å². The molecule has 0 spiro atoms. The van der Waals surface area contributed by atoms with Crippen molar-refractivity contribution in [3.63, 3.8) is 0 Å². The normalized spacial score (nSPS) is 6.00. The summed E-state index contributed by atoms with van der Waals surface area (Å²) in [6, 6.07) is 0. The maximum absolute atomic E-state index is 9.29. The second-order valence-electron chi connectivity index (χ2n) is 0.698. The number of hydrogen-bond acceptors (Lipinski definition) is 4. The maximum atomic E-state index is 9.29. The average Bonchev–Trinajstić information content (AvgIpc) is 1.61. The van der Waals surface area contributed by atoms with Gasteiger partial charge >= 0.3 is 12.3 Å². The van der Waals surface area contributed by atoms with Gasteiger partial charge in [-0.1, -0.05) is 0 Å². The van der Waals surface area contributed by atoms with Crippen LogP contribution in [0.25, 0.3) is 0 Å². The van der Waals surface area contributed by atoms with E-state index in [2.05, 4.69) is 9.78 Å². The zero-order chi connectivity index (χ0) is 6.57. The Morgan fingerprint density at radius 1 is 0.900 bits per heavy atom. The van der Waals surface area contributed by atoms with Crippen LogP contribution in [0.4, 0.5) is 9.59 Å². The maximum Gasteiger partial charge on any atom is 0.547 e. The zero-order valence-electron chi connectivity index (χ0n) is 4.10. The fourth-order valence-electron chi connectivity index (χ4n) is 0.0713. The minimum absolute atomic E-state index is 0. The summed E-state index contributed by atoms with van der Waals surface area (Å²) in [5.41, 5.74) is 0. The van der Waals surface area contributed by atoms with E-state index in [0.29, 0.717) is 0 Å². The molecular formula is C2H2Er2O6. The summed E-state index contributed by atoms with van der Waals surface area (Å²) in [6.45, 7) is 0. The number of rotatable bonds is 0. The zero-order valence-corrected chi connectivity index (χ0v) is 7.81. The van der Waals surface area contributed by atoms with E-state index < -0.39 is 12.3 Å². The molecule has 0 aromatic rings. The van der Waals surface area contributed by atoms with Crippen molar-refractivity contribution < 1.29 is 104 Å². The van der Waals surface area contributed by atoms with Crippen LogP contribution in [0.15, 0.2) is 0 Å². The standard InChI is InChI=1S/C2H2O6.2Er/c3-1(4)7-8-2(5)6;;/h(H,3,4)(H,5,6);;. The van der Waals surface area contributed by atoms with Crippen molar-refractivity contribution in [2.45, 2.75) is 0 Å². The van der Waals surface area contributed by atoms with Crippen molar-refractivity contribution in [1.29, 1.82) is 0 Å². The SMILES string of the molecule is O=C(O)OOC(=O)O.[Er].[Er]. The first kappa shape index (κ1) is 17.2. The van der Waals surface area contributed by atoms with Crippen LogP contribution >= 0.6 is 0 Å². The molecule has 0 saturated heterocycles. The third-order valence-electron chi connectivity index (χ3n) is 0.184. The molecule has 0 aromatic heterocycles. The van der Waals surface area contributed by atoms with Gasteiger partial charge in [-0.2, -0.15) is 0 Å². The van der Waals surface area contributed by atoms with Crippen LogP contribution < -0.4 is 0 Å². The van der Waals surface area contributed by atoms with E-state index in [1.165, 1.54) is 0 Å². The summed E-state index contributed by atoms with van der Waals surface area (Å²) < 4.78 is 0. The minimum atomic E-state index is -1.80. The van der Waals surface area contributed by atoms with Crippen LogP contribution in [-0.4, -0.2) is 22.5 Å². The minimum Gasteiger partial charge on any atom is -0.447 e. The van der Waals surface area contributed by atoms with Gasteiger partial charge in [0.2, 0.25) is 0 Å². The second kappa shape index (κ2) is 10.0. The molecule has 0 aliphatic carbocycles. The van der Waals surface area contributed by atoms with Gasteiger partial charge in [-0.25, -0.2) is 19.4 Å². The Kier molecular flexibility index (Phi) is 17.3. The third-order valence-corrected chi connectivity index (χ3v) is 0.184. The van der Waals surface area contributed by atoms with E-state index in [-0.39, 0.29) is 74.6 Å². The second-order valence-corrected chi connectivity index (χ2v) is 0.698. The van der Waals surface area contributed by atoms with Gasteiger partial charge in [0.15, 0.2) is 0 Å². The first-order valence-electron chi connectivity index (χ1n) is 1.43. The molecule has 0 amide bonds. The van der Waals surface area contributed by atoms with E-state index in [4.69, 9.17) is 10.2 Å². The third kappa shape index (κ3) is 16.0. The van der Waals surface area contributed by atoms with Gasteiger partial charge in [0.05, 0.1) is 0 Å². The van der Waals surface area contributed by atoms with E-state index >= 15 is 0 Å². The summed E-state index contributed by atoms with van der Waals surface area (Å²) in [6.07, 6.45) is -3.60. The Balaban J connectivity index is -0.000000245. The molecule has 0 rings (SSSR count).